The number of rotatable bonds is 6. The third-order valence-corrected chi connectivity index (χ3v) is 3.33. The Kier molecular flexibility index (Phi) is 5.81. The number of nitrogens with zero attached hydrogens (tertiary/aromatic N) is 2. The Morgan fingerprint density at radius 2 is 2.21 bits per heavy atom. The SMILES string of the molecule is CSCC[C@H](NC(=O)C1=NN(C)C(=O)CC1)C(=O)O. The summed E-state index contributed by atoms with van der Waals surface area (Å²) in [5.41, 5.74) is 0.192. The molecule has 0 saturated heterocycles. The van der Waals surface area contributed by atoms with E-state index in [9.17, 15) is 14.4 Å². The van der Waals surface area contributed by atoms with Gasteiger partial charge in [0.1, 0.15) is 11.8 Å². The largest absolute Gasteiger partial charge is 0.480 e. The number of carboxylic acids is 1. The Morgan fingerprint density at radius 3 is 2.74 bits per heavy atom. The van der Waals surface area contributed by atoms with Crippen molar-refractivity contribution in [3.05, 3.63) is 0 Å². The fraction of sp³-hybridized carbons (Fsp3) is 0.636. The molecule has 8 heteroatoms. The summed E-state index contributed by atoms with van der Waals surface area (Å²) in [6.07, 6.45) is 2.67. The lowest BCUT2D eigenvalue weighted by Crippen LogP contribution is -2.46. The van der Waals surface area contributed by atoms with E-state index in [2.05, 4.69) is 10.4 Å². The predicted molar refractivity (Wildman–Crippen MR) is 72.0 cm³/mol. The summed E-state index contributed by atoms with van der Waals surface area (Å²) in [4.78, 5) is 34.1. The summed E-state index contributed by atoms with van der Waals surface area (Å²) < 4.78 is 0. The molecule has 7 nitrogen and oxygen atoms in total. The number of carbonyl (C=O) groups is 3. The van der Waals surface area contributed by atoms with Crippen molar-refractivity contribution in [2.45, 2.75) is 25.3 Å². The van der Waals surface area contributed by atoms with Gasteiger partial charge in [0.05, 0.1) is 0 Å². The number of thioether (sulfide) groups is 1. The molecule has 1 rings (SSSR count). The van der Waals surface area contributed by atoms with E-state index in [4.69, 9.17) is 5.11 Å². The molecule has 0 radical (unpaired) electrons. The second-order valence-electron chi connectivity index (χ2n) is 4.11. The zero-order valence-corrected chi connectivity index (χ0v) is 11.7. The molecule has 2 amide bonds. The highest BCUT2D eigenvalue weighted by atomic mass is 32.2. The molecule has 0 unspecified atom stereocenters. The molecule has 0 bridgehead atoms. The fourth-order valence-corrected chi connectivity index (χ4v) is 2.04. The van der Waals surface area contributed by atoms with Crippen LogP contribution < -0.4 is 5.32 Å². The molecular weight excluding hydrogens is 270 g/mol. The van der Waals surface area contributed by atoms with Crippen LogP contribution in [0.4, 0.5) is 0 Å². The van der Waals surface area contributed by atoms with Crippen LogP contribution in [0.3, 0.4) is 0 Å². The van der Waals surface area contributed by atoms with Crippen LogP contribution in [0.2, 0.25) is 0 Å². The summed E-state index contributed by atoms with van der Waals surface area (Å²) in [7, 11) is 1.47. The normalized spacial score (nSPS) is 16.8. The minimum Gasteiger partial charge on any atom is -0.480 e. The zero-order chi connectivity index (χ0) is 14.4. The summed E-state index contributed by atoms with van der Waals surface area (Å²) in [6, 6.07) is -0.925. The van der Waals surface area contributed by atoms with E-state index in [1.165, 1.54) is 18.8 Å². The number of hydrogen-bond acceptors (Lipinski definition) is 5. The van der Waals surface area contributed by atoms with E-state index >= 15 is 0 Å². The monoisotopic (exact) mass is 287 g/mol. The molecule has 0 aliphatic carbocycles. The molecule has 0 aromatic carbocycles. The van der Waals surface area contributed by atoms with Gasteiger partial charge in [0.2, 0.25) is 5.91 Å². The van der Waals surface area contributed by atoms with Gasteiger partial charge in [0, 0.05) is 19.9 Å². The third kappa shape index (κ3) is 4.55. The summed E-state index contributed by atoms with van der Waals surface area (Å²) >= 11 is 1.51. The average Bonchev–Trinajstić information content (AvgIpc) is 2.37. The van der Waals surface area contributed by atoms with Crippen LogP contribution in [0.5, 0.6) is 0 Å². The van der Waals surface area contributed by atoms with Crippen LogP contribution in [-0.2, 0) is 14.4 Å². The standard InChI is InChI=1S/C11H17N3O4S/c1-14-9(15)4-3-7(13-14)10(16)12-8(11(17)18)5-6-19-2/h8H,3-6H2,1-2H3,(H,12,16)(H,17,18)/t8-/m0/s1. The average molecular weight is 287 g/mol. The summed E-state index contributed by atoms with van der Waals surface area (Å²) in [5, 5.41) is 16.4. The zero-order valence-electron chi connectivity index (χ0n) is 10.9. The molecule has 1 heterocycles. The minimum absolute atomic E-state index is 0.159. The van der Waals surface area contributed by atoms with Gasteiger partial charge < -0.3 is 10.4 Å². The predicted octanol–water partition coefficient (Wildman–Crippen LogP) is -0.0829. The summed E-state index contributed by atoms with van der Waals surface area (Å²) in [6.45, 7) is 0. The molecule has 106 valence electrons. The number of aliphatic carboxylic acids is 1. The van der Waals surface area contributed by atoms with Gasteiger partial charge in [-0.05, 0) is 18.4 Å². The molecule has 2 N–H and O–H groups in total. The molecule has 0 aromatic rings. The van der Waals surface area contributed by atoms with Crippen LogP contribution in [0.1, 0.15) is 19.3 Å². The molecular formula is C11H17N3O4S. The molecule has 19 heavy (non-hydrogen) atoms. The quantitative estimate of drug-likeness (QED) is 0.711. The maximum Gasteiger partial charge on any atom is 0.326 e. The maximum absolute atomic E-state index is 11.9. The highest BCUT2D eigenvalue weighted by Gasteiger charge is 2.26. The summed E-state index contributed by atoms with van der Waals surface area (Å²) in [5.74, 6) is -1.10. The smallest absolute Gasteiger partial charge is 0.326 e. The van der Waals surface area contributed by atoms with Crippen molar-refractivity contribution in [1.29, 1.82) is 0 Å². The van der Waals surface area contributed by atoms with Crippen molar-refractivity contribution in [2.24, 2.45) is 5.10 Å². The van der Waals surface area contributed by atoms with Crippen molar-refractivity contribution in [1.82, 2.24) is 10.3 Å². The van der Waals surface area contributed by atoms with E-state index in [1.54, 1.807) is 0 Å². The molecule has 1 aliphatic heterocycles. The lowest BCUT2D eigenvalue weighted by atomic mass is 10.1. The minimum atomic E-state index is -1.07. The lowest BCUT2D eigenvalue weighted by molar-refractivity contribution is -0.141. The second-order valence-corrected chi connectivity index (χ2v) is 5.10. The Morgan fingerprint density at radius 1 is 1.53 bits per heavy atom. The van der Waals surface area contributed by atoms with Gasteiger partial charge in [-0.3, -0.25) is 9.59 Å². The molecule has 1 aliphatic rings. The first-order valence-electron chi connectivity index (χ1n) is 5.82. The van der Waals surface area contributed by atoms with Gasteiger partial charge in [-0.2, -0.15) is 16.9 Å². The lowest BCUT2D eigenvalue weighted by Gasteiger charge is -2.20. The molecule has 0 saturated carbocycles. The highest BCUT2D eigenvalue weighted by molar-refractivity contribution is 7.98. The first-order chi connectivity index (χ1) is 8.95. The van der Waals surface area contributed by atoms with Crippen LogP contribution in [-0.4, -0.2) is 58.7 Å². The van der Waals surface area contributed by atoms with E-state index in [0.29, 0.717) is 12.2 Å². The first kappa shape index (κ1) is 15.5. The topological polar surface area (TPSA) is 99.1 Å². The number of carbonyl (C=O) groups excluding carboxylic acids is 2. The third-order valence-electron chi connectivity index (χ3n) is 2.68. The van der Waals surface area contributed by atoms with Gasteiger partial charge in [-0.1, -0.05) is 0 Å². The van der Waals surface area contributed by atoms with Crippen molar-refractivity contribution in [3.63, 3.8) is 0 Å². The van der Waals surface area contributed by atoms with Crippen molar-refractivity contribution < 1.29 is 19.5 Å². The van der Waals surface area contributed by atoms with Gasteiger partial charge in [-0.15, -0.1) is 0 Å². The van der Waals surface area contributed by atoms with E-state index < -0.39 is 17.9 Å². The number of nitrogens with one attached hydrogen (secondary N) is 1. The van der Waals surface area contributed by atoms with Gasteiger partial charge in [0.15, 0.2) is 0 Å². The second kappa shape index (κ2) is 7.13. The van der Waals surface area contributed by atoms with E-state index in [-0.39, 0.29) is 24.5 Å². The molecule has 0 fully saturated rings. The first-order valence-corrected chi connectivity index (χ1v) is 7.21. The van der Waals surface area contributed by atoms with Crippen LogP contribution in [0.25, 0.3) is 0 Å². The molecule has 0 spiro atoms. The van der Waals surface area contributed by atoms with Crippen molar-refractivity contribution in [2.75, 3.05) is 19.1 Å². The number of amides is 2. The number of hydrazone groups is 1. The van der Waals surface area contributed by atoms with Gasteiger partial charge >= 0.3 is 5.97 Å². The van der Waals surface area contributed by atoms with E-state index in [0.717, 1.165) is 5.01 Å². The van der Waals surface area contributed by atoms with Gasteiger partial charge in [0.25, 0.3) is 5.91 Å². The molecule has 0 aromatic heterocycles. The Bertz CT molecular complexity index is 411. The Hall–Kier alpha value is -1.57. The number of carboxylic acid groups (broad SMARTS) is 1. The van der Waals surface area contributed by atoms with Crippen molar-refractivity contribution in [3.8, 4) is 0 Å². The highest BCUT2D eigenvalue weighted by Crippen LogP contribution is 2.08. The Labute approximate surface area is 115 Å². The van der Waals surface area contributed by atoms with E-state index in [1.807, 2.05) is 6.26 Å². The van der Waals surface area contributed by atoms with Crippen LogP contribution in [0.15, 0.2) is 5.10 Å². The van der Waals surface area contributed by atoms with Crippen molar-refractivity contribution >= 4 is 35.3 Å². The molecule has 1 atom stereocenters. The van der Waals surface area contributed by atoms with Crippen LogP contribution >= 0.6 is 11.8 Å². The fourth-order valence-electron chi connectivity index (χ4n) is 1.57. The number of hydrogen-bond donors (Lipinski definition) is 2. The Balaban J connectivity index is 2.64. The van der Waals surface area contributed by atoms with Crippen LogP contribution in [0, 0.1) is 0 Å². The van der Waals surface area contributed by atoms with Gasteiger partial charge in [-0.25, -0.2) is 9.80 Å². The maximum atomic E-state index is 11.9.